The summed E-state index contributed by atoms with van der Waals surface area (Å²) in [7, 11) is 2.04. The maximum Gasteiger partial charge on any atom is 0.126 e. The molecule has 4 heteroatoms. The molecule has 0 radical (unpaired) electrons. The van der Waals surface area contributed by atoms with Gasteiger partial charge in [0.1, 0.15) is 5.82 Å². The summed E-state index contributed by atoms with van der Waals surface area (Å²) in [6.45, 7) is 1.62. The van der Waals surface area contributed by atoms with Crippen molar-refractivity contribution in [3.63, 3.8) is 0 Å². The third kappa shape index (κ3) is 2.08. The van der Waals surface area contributed by atoms with Gasteiger partial charge in [-0.15, -0.1) is 0 Å². The van der Waals surface area contributed by atoms with E-state index in [-0.39, 0.29) is 5.82 Å². The van der Waals surface area contributed by atoms with Crippen LogP contribution in [-0.2, 0) is 0 Å². The largest absolute Gasteiger partial charge is 0.371 e. The van der Waals surface area contributed by atoms with Gasteiger partial charge in [0.25, 0.3) is 0 Å². The minimum atomic E-state index is -0.379. The van der Waals surface area contributed by atoms with Crippen LogP contribution in [0.5, 0.6) is 0 Å². The van der Waals surface area contributed by atoms with Gasteiger partial charge in [-0.05, 0) is 30.3 Å². The van der Waals surface area contributed by atoms with Crippen molar-refractivity contribution in [1.29, 1.82) is 5.26 Å². The molecule has 1 aliphatic heterocycles. The average molecular weight is 267 g/mol. The van der Waals surface area contributed by atoms with Crippen LogP contribution in [0.4, 0.5) is 21.5 Å². The molecule has 0 spiro atoms. The van der Waals surface area contributed by atoms with E-state index in [1.807, 2.05) is 37.4 Å². The van der Waals surface area contributed by atoms with Gasteiger partial charge in [-0.25, -0.2) is 4.39 Å². The lowest BCUT2D eigenvalue weighted by atomic mass is 10.1. The molecular weight excluding hydrogens is 253 g/mol. The first-order valence-electron chi connectivity index (χ1n) is 6.47. The molecule has 0 saturated heterocycles. The van der Waals surface area contributed by atoms with Gasteiger partial charge < -0.3 is 9.80 Å². The van der Waals surface area contributed by atoms with Crippen molar-refractivity contribution in [2.75, 3.05) is 29.9 Å². The molecule has 2 aromatic carbocycles. The highest BCUT2D eigenvalue weighted by molar-refractivity contribution is 5.79. The number of anilines is 3. The van der Waals surface area contributed by atoms with E-state index < -0.39 is 0 Å². The highest BCUT2D eigenvalue weighted by atomic mass is 19.1. The van der Waals surface area contributed by atoms with Crippen LogP contribution in [0.3, 0.4) is 0 Å². The first kappa shape index (κ1) is 12.5. The summed E-state index contributed by atoms with van der Waals surface area (Å²) >= 11 is 0. The van der Waals surface area contributed by atoms with E-state index in [9.17, 15) is 4.39 Å². The lowest BCUT2D eigenvalue weighted by Crippen LogP contribution is -2.36. The van der Waals surface area contributed by atoms with E-state index in [0.29, 0.717) is 5.56 Å². The van der Waals surface area contributed by atoms with Crippen LogP contribution in [0.2, 0.25) is 0 Å². The van der Waals surface area contributed by atoms with Gasteiger partial charge in [0, 0.05) is 25.8 Å². The average Bonchev–Trinajstić information content (AvgIpc) is 2.47. The minimum Gasteiger partial charge on any atom is -0.371 e. The minimum absolute atomic E-state index is 0.344. The quantitative estimate of drug-likeness (QED) is 0.794. The standard InChI is InChI=1S/C16H14FN3/c1-19-6-7-20(16-5-3-2-4-15(16)19)14-9-12(11-18)8-13(17)10-14/h2-5,8-10H,6-7H2,1H3. The van der Waals surface area contributed by atoms with Crippen molar-refractivity contribution < 1.29 is 4.39 Å². The van der Waals surface area contributed by atoms with E-state index in [1.54, 1.807) is 6.07 Å². The smallest absolute Gasteiger partial charge is 0.126 e. The maximum absolute atomic E-state index is 13.6. The van der Waals surface area contributed by atoms with Crippen LogP contribution in [-0.4, -0.2) is 20.1 Å². The van der Waals surface area contributed by atoms with Crippen LogP contribution in [0.1, 0.15) is 5.56 Å². The van der Waals surface area contributed by atoms with Crippen molar-refractivity contribution in [3.05, 3.63) is 53.8 Å². The van der Waals surface area contributed by atoms with E-state index in [4.69, 9.17) is 5.26 Å². The first-order chi connectivity index (χ1) is 9.69. The maximum atomic E-state index is 13.6. The Labute approximate surface area is 117 Å². The van der Waals surface area contributed by atoms with Crippen molar-refractivity contribution in [2.45, 2.75) is 0 Å². The van der Waals surface area contributed by atoms with Crippen LogP contribution in [0, 0.1) is 17.1 Å². The Morgan fingerprint density at radius 3 is 2.60 bits per heavy atom. The third-order valence-corrected chi connectivity index (χ3v) is 3.57. The molecule has 0 amide bonds. The molecule has 3 nitrogen and oxygen atoms in total. The van der Waals surface area contributed by atoms with Gasteiger partial charge in [-0.1, -0.05) is 12.1 Å². The Morgan fingerprint density at radius 2 is 1.85 bits per heavy atom. The molecule has 0 aromatic heterocycles. The van der Waals surface area contributed by atoms with Crippen LogP contribution >= 0.6 is 0 Å². The molecule has 0 bridgehead atoms. The zero-order valence-electron chi connectivity index (χ0n) is 11.2. The number of halogens is 1. The Kier molecular flexibility index (Phi) is 3.03. The lowest BCUT2D eigenvalue weighted by molar-refractivity contribution is 0.627. The summed E-state index contributed by atoms with van der Waals surface area (Å²) in [6, 6.07) is 14.5. The molecule has 1 aliphatic rings. The van der Waals surface area contributed by atoms with Crippen molar-refractivity contribution >= 4 is 17.1 Å². The monoisotopic (exact) mass is 267 g/mol. The van der Waals surface area contributed by atoms with Gasteiger partial charge in [0.2, 0.25) is 0 Å². The van der Waals surface area contributed by atoms with Crippen LogP contribution in [0.15, 0.2) is 42.5 Å². The number of rotatable bonds is 1. The first-order valence-corrected chi connectivity index (χ1v) is 6.47. The van der Waals surface area contributed by atoms with E-state index in [2.05, 4.69) is 9.80 Å². The molecular formula is C16H14FN3. The Bertz CT molecular complexity index is 690. The fourth-order valence-corrected chi connectivity index (χ4v) is 2.57. The number of nitriles is 1. The van der Waals surface area contributed by atoms with Crippen LogP contribution in [0.25, 0.3) is 0 Å². The second-order valence-corrected chi connectivity index (χ2v) is 4.87. The highest BCUT2D eigenvalue weighted by Crippen LogP contribution is 2.37. The van der Waals surface area contributed by atoms with Gasteiger partial charge >= 0.3 is 0 Å². The highest BCUT2D eigenvalue weighted by Gasteiger charge is 2.21. The molecule has 0 fully saturated rings. The number of fused-ring (bicyclic) bond motifs is 1. The molecule has 0 unspecified atom stereocenters. The number of hydrogen-bond acceptors (Lipinski definition) is 3. The summed E-state index contributed by atoms with van der Waals surface area (Å²) in [5.74, 6) is -0.379. The molecule has 0 N–H and O–H groups in total. The SMILES string of the molecule is CN1CCN(c2cc(F)cc(C#N)c2)c2ccccc21. The van der Waals surface area contributed by atoms with Crippen molar-refractivity contribution in [1.82, 2.24) is 0 Å². The van der Waals surface area contributed by atoms with Gasteiger partial charge in [0.15, 0.2) is 0 Å². The molecule has 1 heterocycles. The number of benzene rings is 2. The van der Waals surface area contributed by atoms with Crippen LogP contribution < -0.4 is 9.80 Å². The number of para-hydroxylation sites is 2. The number of nitrogens with zero attached hydrogens (tertiary/aromatic N) is 3. The third-order valence-electron chi connectivity index (χ3n) is 3.57. The molecule has 2 aromatic rings. The fourth-order valence-electron chi connectivity index (χ4n) is 2.57. The van der Waals surface area contributed by atoms with Gasteiger partial charge in [0.05, 0.1) is 23.0 Å². The topological polar surface area (TPSA) is 30.3 Å². The summed E-state index contributed by atoms with van der Waals surface area (Å²) in [5.41, 5.74) is 3.22. The number of likely N-dealkylation sites (N-methyl/N-ethyl adjacent to an activating group) is 1. The number of hydrogen-bond donors (Lipinski definition) is 0. The summed E-state index contributed by atoms with van der Waals surface area (Å²) in [6.07, 6.45) is 0. The Morgan fingerprint density at radius 1 is 1.10 bits per heavy atom. The molecule has 0 saturated carbocycles. The normalized spacial score (nSPS) is 13.8. The predicted octanol–water partition coefficient (Wildman–Crippen LogP) is 3.29. The lowest BCUT2D eigenvalue weighted by Gasteiger charge is -2.37. The molecule has 3 rings (SSSR count). The van der Waals surface area contributed by atoms with Gasteiger partial charge in [-0.2, -0.15) is 5.26 Å². The van der Waals surface area contributed by atoms with E-state index in [1.165, 1.54) is 12.1 Å². The second-order valence-electron chi connectivity index (χ2n) is 4.87. The van der Waals surface area contributed by atoms with E-state index >= 15 is 0 Å². The molecule has 0 atom stereocenters. The van der Waals surface area contributed by atoms with Gasteiger partial charge in [-0.3, -0.25) is 0 Å². The predicted molar refractivity (Wildman–Crippen MR) is 77.8 cm³/mol. The summed E-state index contributed by atoms with van der Waals surface area (Å²) < 4.78 is 13.6. The van der Waals surface area contributed by atoms with E-state index in [0.717, 1.165) is 30.2 Å². The zero-order chi connectivity index (χ0) is 14.1. The molecule has 20 heavy (non-hydrogen) atoms. The van der Waals surface area contributed by atoms with Crippen molar-refractivity contribution in [3.8, 4) is 6.07 Å². The molecule has 100 valence electrons. The summed E-state index contributed by atoms with van der Waals surface area (Å²) in [4.78, 5) is 4.23. The zero-order valence-corrected chi connectivity index (χ0v) is 11.2. The Hall–Kier alpha value is -2.54. The second kappa shape index (κ2) is 4.86. The van der Waals surface area contributed by atoms with Crippen molar-refractivity contribution in [2.24, 2.45) is 0 Å². The fraction of sp³-hybridized carbons (Fsp3) is 0.188. The summed E-state index contributed by atoms with van der Waals surface area (Å²) in [5, 5.41) is 8.98. The molecule has 0 aliphatic carbocycles. The Balaban J connectivity index is 2.10.